The molecule has 45 heavy (non-hydrogen) atoms. The summed E-state index contributed by atoms with van der Waals surface area (Å²) >= 11 is 1.49. The van der Waals surface area contributed by atoms with E-state index in [4.69, 9.17) is 14.0 Å². The van der Waals surface area contributed by atoms with Gasteiger partial charge in [0, 0.05) is 41.5 Å². The lowest BCUT2D eigenvalue weighted by atomic mass is 10.2. The van der Waals surface area contributed by atoms with Gasteiger partial charge in [-0.05, 0) is 19.0 Å². The predicted molar refractivity (Wildman–Crippen MR) is 192 cm³/mol. The number of nitrogens with one attached hydrogen (secondary N) is 5. The molecule has 1 aromatic heterocycles. The number of aliphatic imine (C=N–C) groups is 3. The van der Waals surface area contributed by atoms with E-state index in [0.717, 1.165) is 34.2 Å². The van der Waals surface area contributed by atoms with Crippen LogP contribution in [0.2, 0.25) is 0 Å². The van der Waals surface area contributed by atoms with Crippen molar-refractivity contribution in [3.05, 3.63) is 48.7 Å². The molecule has 0 aromatic carbocycles. The fourth-order valence-corrected chi connectivity index (χ4v) is 3.90. The first kappa shape index (κ1) is 41.4. The first-order valence-electron chi connectivity index (χ1n) is 14.1. The van der Waals surface area contributed by atoms with Crippen LogP contribution in [0.4, 0.5) is 0 Å². The molecular formula is C29H53N11O3S2. The van der Waals surface area contributed by atoms with Gasteiger partial charge in [0.1, 0.15) is 40.5 Å². The quantitative estimate of drug-likeness (QED) is 0.172. The Kier molecular flexibility index (Phi) is 19.5. The van der Waals surface area contributed by atoms with Crippen LogP contribution < -0.4 is 21.2 Å². The molecule has 14 nitrogen and oxygen atoms in total. The second kappa shape index (κ2) is 21.2. The van der Waals surface area contributed by atoms with Gasteiger partial charge in [0.2, 0.25) is 11.8 Å². The van der Waals surface area contributed by atoms with Crippen molar-refractivity contribution >= 4 is 52.1 Å². The Balaban J connectivity index is 0.000000535. The van der Waals surface area contributed by atoms with Crippen LogP contribution in [0.1, 0.15) is 88.4 Å². The summed E-state index contributed by atoms with van der Waals surface area (Å²) in [4.78, 5) is 25.6. The van der Waals surface area contributed by atoms with Gasteiger partial charge in [0.15, 0.2) is 0 Å². The summed E-state index contributed by atoms with van der Waals surface area (Å²) in [7, 11) is -0.497. The average molecular weight is 668 g/mol. The monoisotopic (exact) mass is 667 g/mol. The number of nitrogens with zero attached hydrogens (tertiary/aromatic N) is 6. The summed E-state index contributed by atoms with van der Waals surface area (Å²) < 4.78 is 12.1. The van der Waals surface area contributed by atoms with Gasteiger partial charge in [-0.15, -0.1) is 0 Å². The van der Waals surface area contributed by atoms with Crippen molar-refractivity contribution in [2.45, 2.75) is 82.6 Å². The van der Waals surface area contributed by atoms with E-state index in [9.17, 15) is 0 Å². The minimum absolute atomic E-state index is 0. The summed E-state index contributed by atoms with van der Waals surface area (Å²) in [5.41, 5.74) is 8.02. The summed E-state index contributed by atoms with van der Waals surface area (Å²) in [6.07, 6.45) is 1.52. The molecule has 0 bridgehead atoms. The van der Waals surface area contributed by atoms with Crippen molar-refractivity contribution in [3.8, 4) is 0 Å². The van der Waals surface area contributed by atoms with E-state index in [-0.39, 0.29) is 7.43 Å². The van der Waals surface area contributed by atoms with Crippen molar-refractivity contribution in [1.29, 1.82) is 0 Å². The highest BCUT2D eigenvalue weighted by Crippen LogP contribution is 2.20. The minimum Gasteiger partial charge on any atom is -0.361 e. The Morgan fingerprint density at radius 3 is 1.36 bits per heavy atom. The highest BCUT2D eigenvalue weighted by molar-refractivity contribution is 8.09. The Labute approximate surface area is 276 Å². The smallest absolute Gasteiger partial charge is 0.240 e. The van der Waals surface area contributed by atoms with Crippen molar-refractivity contribution in [2.75, 3.05) is 0 Å². The molecule has 1 atom stereocenters. The molecule has 254 valence electrons. The number of rotatable bonds is 5. The maximum Gasteiger partial charge on any atom is 0.240 e. The summed E-state index contributed by atoms with van der Waals surface area (Å²) in [5.74, 6) is 11.2. The van der Waals surface area contributed by atoms with E-state index in [1.165, 1.54) is 18.3 Å². The molecule has 4 aliphatic heterocycles. The normalized spacial score (nSPS) is 17.6. The first-order chi connectivity index (χ1) is 20.6. The highest BCUT2D eigenvalue weighted by atomic mass is 32.2. The van der Waals surface area contributed by atoms with Crippen LogP contribution in [0.25, 0.3) is 0 Å². The van der Waals surface area contributed by atoms with E-state index >= 15 is 0 Å². The molecule has 1 aromatic rings. The third-order valence-electron chi connectivity index (χ3n) is 5.17. The standard InChI is InChI=1S/2C6H10N2O.C6H10N2S.C5H9N3.C5H10N2OS.CH4/c3*1-4(2)6-7-5(3)9-8-6;1-4(2)5-6-3-7-8-5;1-4(2)5-6-8-9(3)7-5;/h3*4H,3H2,1-2H3,(H,7,8);3-4H,1-2H3,(H,6,7,8);4H,3H2,1-2H3,(H,6,7);1H4. The molecule has 0 radical (unpaired) electrons. The van der Waals surface area contributed by atoms with Crippen molar-refractivity contribution in [2.24, 2.45) is 43.0 Å². The molecule has 0 fully saturated rings. The van der Waals surface area contributed by atoms with Crippen molar-refractivity contribution in [3.63, 3.8) is 0 Å². The molecule has 5 N–H and O–H groups in total. The Bertz CT molecular complexity index is 1080. The maximum absolute atomic E-state index is 4.89. The molecule has 0 amide bonds. The van der Waals surface area contributed by atoms with Crippen LogP contribution >= 0.6 is 22.9 Å². The third kappa shape index (κ3) is 16.9. The number of hydrogen-bond donors (Lipinski definition) is 5. The van der Waals surface area contributed by atoms with E-state index in [1.54, 1.807) is 0 Å². The van der Waals surface area contributed by atoms with Crippen molar-refractivity contribution < 1.29 is 14.0 Å². The molecule has 0 aliphatic carbocycles. The SMILES string of the molecule is C.C=C1N=C(C(C)C)NO1.C=C1N=C(C(C)C)NO1.C=C1N=C(C(C)C)NS1.C=S1N=C(C(C)C)NO1.CC(C)c1ncn[nH]1. The highest BCUT2D eigenvalue weighted by Gasteiger charge is 2.14. The van der Waals surface area contributed by atoms with Crippen LogP contribution in [-0.4, -0.2) is 44.4 Å². The topological polar surface area (TPSA) is 167 Å². The largest absolute Gasteiger partial charge is 0.361 e. The van der Waals surface area contributed by atoms with Crippen molar-refractivity contribution in [1.82, 2.24) is 36.3 Å². The van der Waals surface area contributed by atoms with Crippen LogP contribution in [0, 0.1) is 23.7 Å². The molecule has 16 heteroatoms. The summed E-state index contributed by atoms with van der Waals surface area (Å²) in [6.45, 7) is 31.3. The van der Waals surface area contributed by atoms with Crippen LogP contribution in [0.3, 0.4) is 0 Å². The van der Waals surface area contributed by atoms with Gasteiger partial charge in [0.05, 0.1) is 11.0 Å². The van der Waals surface area contributed by atoms with Crippen LogP contribution in [0.15, 0.2) is 62.2 Å². The van der Waals surface area contributed by atoms with Gasteiger partial charge in [0.25, 0.3) is 0 Å². The average Bonchev–Trinajstić information content (AvgIpc) is 3.76. The lowest BCUT2D eigenvalue weighted by Gasteiger charge is -2.01. The number of H-pyrrole nitrogens is 1. The van der Waals surface area contributed by atoms with Gasteiger partial charge in [-0.3, -0.25) is 5.10 Å². The molecule has 0 spiro atoms. The predicted octanol–water partition coefficient (Wildman–Crippen LogP) is 6.53. The minimum atomic E-state index is -0.497. The van der Waals surface area contributed by atoms with Gasteiger partial charge in [-0.25, -0.2) is 26.4 Å². The zero-order valence-corrected chi connectivity index (χ0v) is 29.2. The Morgan fingerprint density at radius 2 is 1.18 bits per heavy atom. The molecule has 0 saturated heterocycles. The molecule has 0 saturated carbocycles. The fourth-order valence-electron chi connectivity index (χ4n) is 2.57. The number of aromatic amines is 1. The lowest BCUT2D eigenvalue weighted by Crippen LogP contribution is -2.21. The molecule has 5 heterocycles. The van der Waals surface area contributed by atoms with E-state index in [2.05, 4.69) is 123 Å². The molecular weight excluding hydrogens is 615 g/mol. The van der Waals surface area contributed by atoms with Crippen LogP contribution in [-0.2, 0) is 14.0 Å². The van der Waals surface area contributed by atoms with Gasteiger partial charge in [-0.1, -0.05) is 83.2 Å². The molecule has 1 unspecified atom stereocenters. The zero-order chi connectivity index (χ0) is 33.4. The molecule has 5 rings (SSSR count). The number of amidine groups is 4. The van der Waals surface area contributed by atoms with Gasteiger partial charge in [-0.2, -0.15) is 23.8 Å². The fraction of sp³-hybridized carbons (Fsp3) is 0.552. The number of hydroxylamine groups is 3. The number of aromatic nitrogens is 3. The number of hydrogen-bond acceptors (Lipinski definition) is 14. The lowest BCUT2D eigenvalue weighted by molar-refractivity contribution is 0.176. The Hall–Kier alpha value is -3.63. The van der Waals surface area contributed by atoms with Gasteiger partial charge < -0.3 is 14.4 Å². The zero-order valence-electron chi connectivity index (χ0n) is 27.5. The second-order valence-corrected chi connectivity index (χ2v) is 12.8. The summed E-state index contributed by atoms with van der Waals surface area (Å²) in [5, 5.41) is 7.34. The summed E-state index contributed by atoms with van der Waals surface area (Å²) in [6, 6.07) is 0. The van der Waals surface area contributed by atoms with E-state index < -0.39 is 11.0 Å². The third-order valence-corrected chi connectivity index (χ3v) is 6.48. The van der Waals surface area contributed by atoms with Gasteiger partial charge >= 0.3 is 0 Å². The first-order valence-corrected chi connectivity index (χ1v) is 16.2. The maximum atomic E-state index is 4.89. The van der Waals surface area contributed by atoms with E-state index in [1.807, 2.05) is 27.7 Å². The van der Waals surface area contributed by atoms with E-state index in [0.29, 0.717) is 41.4 Å². The molecule has 4 aliphatic rings. The second-order valence-electron chi connectivity index (χ2n) is 10.9. The van der Waals surface area contributed by atoms with Crippen LogP contribution in [0.5, 0.6) is 0 Å². The Morgan fingerprint density at radius 1 is 0.689 bits per heavy atom.